The van der Waals surface area contributed by atoms with E-state index in [1.807, 2.05) is 32.9 Å². The molecule has 1 aromatic carbocycles. The Balaban J connectivity index is 2.68. The highest BCUT2D eigenvalue weighted by Gasteiger charge is 2.39. The van der Waals surface area contributed by atoms with E-state index >= 15 is 0 Å². The summed E-state index contributed by atoms with van der Waals surface area (Å²) in [6.45, 7) is 8.12. The Morgan fingerprint density at radius 1 is 1.41 bits per heavy atom. The van der Waals surface area contributed by atoms with Gasteiger partial charge in [-0.15, -0.1) is 6.42 Å². The van der Waals surface area contributed by atoms with Crippen LogP contribution in [0.2, 0.25) is 0 Å². The molecule has 0 aliphatic carbocycles. The fourth-order valence-corrected chi connectivity index (χ4v) is 2.67. The van der Waals surface area contributed by atoms with Gasteiger partial charge in [0.05, 0.1) is 11.6 Å². The van der Waals surface area contributed by atoms with E-state index < -0.39 is 6.10 Å². The largest absolute Gasteiger partial charge is 0.390 e. The van der Waals surface area contributed by atoms with E-state index in [2.05, 4.69) is 18.2 Å². The zero-order valence-electron chi connectivity index (χ0n) is 10.8. The van der Waals surface area contributed by atoms with Crippen molar-refractivity contribution >= 4 is 5.69 Å². The smallest absolute Gasteiger partial charge is 0.0831 e. The molecule has 1 aliphatic rings. The van der Waals surface area contributed by atoms with Crippen molar-refractivity contribution in [2.45, 2.75) is 45.3 Å². The van der Waals surface area contributed by atoms with Crippen molar-refractivity contribution in [1.82, 2.24) is 0 Å². The third-order valence-corrected chi connectivity index (χ3v) is 3.72. The molecule has 2 nitrogen and oxygen atoms in total. The first-order chi connectivity index (χ1) is 7.88. The molecule has 0 radical (unpaired) electrons. The summed E-state index contributed by atoms with van der Waals surface area (Å²) in [7, 11) is 0. The van der Waals surface area contributed by atoms with Crippen LogP contribution >= 0.6 is 0 Å². The average Bonchev–Trinajstić information content (AvgIpc) is 2.28. The number of hydrogen-bond donors (Lipinski definition) is 2. The lowest BCUT2D eigenvalue weighted by molar-refractivity contribution is 0.0867. The molecule has 90 valence electrons. The fourth-order valence-electron chi connectivity index (χ4n) is 2.67. The molecular formula is C15H19NO. The van der Waals surface area contributed by atoms with E-state index in [0.29, 0.717) is 0 Å². The van der Waals surface area contributed by atoms with Gasteiger partial charge in [0.2, 0.25) is 0 Å². The topological polar surface area (TPSA) is 32.3 Å². The van der Waals surface area contributed by atoms with Gasteiger partial charge in [-0.3, -0.25) is 0 Å². The number of anilines is 1. The zero-order valence-corrected chi connectivity index (χ0v) is 10.8. The van der Waals surface area contributed by atoms with Gasteiger partial charge < -0.3 is 10.4 Å². The summed E-state index contributed by atoms with van der Waals surface area (Å²) in [6.07, 6.45) is 5.10. The minimum absolute atomic E-state index is 0.0483. The molecule has 2 atom stereocenters. The summed E-state index contributed by atoms with van der Waals surface area (Å²) < 4.78 is 0. The van der Waals surface area contributed by atoms with Crippen molar-refractivity contribution in [1.29, 1.82) is 0 Å². The van der Waals surface area contributed by atoms with Crippen LogP contribution in [0.5, 0.6) is 0 Å². The van der Waals surface area contributed by atoms with Gasteiger partial charge in [0.25, 0.3) is 0 Å². The number of fused-ring (bicyclic) bond motifs is 1. The molecule has 1 heterocycles. The molecule has 1 aromatic rings. The van der Waals surface area contributed by atoms with Crippen LogP contribution in [0, 0.1) is 19.3 Å². The molecule has 2 unspecified atom stereocenters. The highest BCUT2D eigenvalue weighted by atomic mass is 16.3. The van der Waals surface area contributed by atoms with Gasteiger partial charge in [0.1, 0.15) is 0 Å². The molecular weight excluding hydrogens is 210 g/mol. The van der Waals surface area contributed by atoms with Gasteiger partial charge in [-0.1, -0.05) is 18.9 Å². The highest BCUT2D eigenvalue weighted by molar-refractivity contribution is 5.68. The van der Waals surface area contributed by atoms with Crippen LogP contribution in [0.3, 0.4) is 0 Å². The number of terminal acetylenes is 1. The van der Waals surface area contributed by atoms with Crippen LogP contribution in [-0.2, 0) is 0 Å². The molecule has 0 fully saturated rings. The van der Waals surface area contributed by atoms with Crippen molar-refractivity contribution in [2.24, 2.45) is 0 Å². The number of hydrogen-bond acceptors (Lipinski definition) is 2. The molecule has 0 saturated carbocycles. The summed E-state index contributed by atoms with van der Waals surface area (Å²) in [4.78, 5) is 0. The van der Waals surface area contributed by atoms with E-state index in [0.717, 1.165) is 16.8 Å². The molecule has 17 heavy (non-hydrogen) atoms. The maximum atomic E-state index is 10.3. The Morgan fingerprint density at radius 3 is 2.65 bits per heavy atom. The Labute approximate surface area is 103 Å². The van der Waals surface area contributed by atoms with Crippen LogP contribution in [0.15, 0.2) is 12.1 Å². The van der Waals surface area contributed by atoms with Crippen molar-refractivity contribution in [2.75, 3.05) is 5.32 Å². The molecule has 0 aromatic heterocycles. The van der Waals surface area contributed by atoms with Crippen LogP contribution in [0.4, 0.5) is 5.69 Å². The molecule has 2 heteroatoms. The van der Waals surface area contributed by atoms with Crippen LogP contribution < -0.4 is 5.32 Å². The minimum atomic E-state index is -0.441. The van der Waals surface area contributed by atoms with Gasteiger partial charge >= 0.3 is 0 Å². The number of aliphatic hydroxyl groups excluding tert-OH is 1. The number of aryl methyl sites for hydroxylation is 1. The Hall–Kier alpha value is -1.46. The lowest BCUT2D eigenvalue weighted by Crippen LogP contribution is -2.50. The summed E-state index contributed by atoms with van der Waals surface area (Å²) in [5.41, 5.74) is 3.87. The SMILES string of the molecule is C#Cc1ccc(C)c2c1C(C)C(O)C(C)(C)N2. The third kappa shape index (κ3) is 1.71. The quantitative estimate of drug-likeness (QED) is 0.670. The average molecular weight is 229 g/mol. The van der Waals surface area contributed by atoms with E-state index in [1.165, 1.54) is 5.56 Å². The van der Waals surface area contributed by atoms with E-state index in [1.54, 1.807) is 0 Å². The Bertz CT molecular complexity index is 496. The van der Waals surface area contributed by atoms with Crippen molar-refractivity contribution in [3.05, 3.63) is 28.8 Å². The normalized spacial score (nSPS) is 25.6. The number of nitrogens with one attached hydrogen (secondary N) is 1. The molecule has 2 N–H and O–H groups in total. The molecule has 0 saturated heterocycles. The van der Waals surface area contributed by atoms with E-state index in [9.17, 15) is 5.11 Å². The van der Waals surface area contributed by atoms with E-state index in [-0.39, 0.29) is 11.5 Å². The number of rotatable bonds is 0. The standard InChI is InChI=1S/C15H19NO/c1-6-11-8-7-9(2)13-12(11)10(3)14(17)15(4,5)16-13/h1,7-8,10,14,16-17H,2-5H3. The summed E-state index contributed by atoms with van der Waals surface area (Å²) in [6, 6.07) is 3.99. The maximum absolute atomic E-state index is 10.3. The van der Waals surface area contributed by atoms with Gasteiger partial charge in [-0.05, 0) is 38.0 Å². The van der Waals surface area contributed by atoms with Gasteiger partial charge in [-0.2, -0.15) is 0 Å². The van der Waals surface area contributed by atoms with Crippen molar-refractivity contribution in [3.8, 4) is 12.3 Å². The maximum Gasteiger partial charge on any atom is 0.0831 e. The number of benzene rings is 1. The molecule has 1 aliphatic heterocycles. The summed E-state index contributed by atoms with van der Waals surface area (Å²) in [5, 5.41) is 13.7. The lowest BCUT2D eigenvalue weighted by atomic mass is 9.76. The monoisotopic (exact) mass is 229 g/mol. The van der Waals surface area contributed by atoms with Crippen molar-refractivity contribution in [3.63, 3.8) is 0 Å². The van der Waals surface area contributed by atoms with E-state index in [4.69, 9.17) is 6.42 Å². The van der Waals surface area contributed by atoms with Gasteiger partial charge in [0, 0.05) is 17.2 Å². The lowest BCUT2D eigenvalue weighted by Gasteiger charge is -2.43. The Morgan fingerprint density at radius 2 is 2.06 bits per heavy atom. The predicted molar refractivity (Wildman–Crippen MR) is 71.2 cm³/mol. The second-order valence-corrected chi connectivity index (χ2v) is 5.44. The number of aliphatic hydroxyl groups is 1. The van der Waals surface area contributed by atoms with Crippen LogP contribution in [-0.4, -0.2) is 16.7 Å². The molecule has 2 rings (SSSR count). The highest BCUT2D eigenvalue weighted by Crippen LogP contribution is 2.42. The summed E-state index contributed by atoms with van der Waals surface area (Å²) >= 11 is 0. The van der Waals surface area contributed by atoms with Gasteiger partial charge in [0.15, 0.2) is 0 Å². The Kier molecular flexibility index (Phi) is 2.67. The predicted octanol–water partition coefficient (Wildman–Crippen LogP) is 2.64. The van der Waals surface area contributed by atoms with Crippen LogP contribution in [0.25, 0.3) is 0 Å². The second kappa shape index (κ2) is 3.78. The third-order valence-electron chi connectivity index (χ3n) is 3.72. The van der Waals surface area contributed by atoms with Crippen molar-refractivity contribution < 1.29 is 5.11 Å². The first kappa shape index (κ1) is 12.0. The minimum Gasteiger partial charge on any atom is -0.390 e. The molecule has 0 spiro atoms. The first-order valence-electron chi connectivity index (χ1n) is 5.95. The second-order valence-electron chi connectivity index (χ2n) is 5.44. The summed E-state index contributed by atoms with van der Waals surface area (Å²) in [5.74, 6) is 2.76. The van der Waals surface area contributed by atoms with Crippen LogP contribution in [0.1, 0.15) is 43.4 Å². The van der Waals surface area contributed by atoms with Gasteiger partial charge in [-0.25, -0.2) is 0 Å². The fraction of sp³-hybridized carbons (Fsp3) is 0.467. The zero-order chi connectivity index (χ0) is 12.8. The first-order valence-corrected chi connectivity index (χ1v) is 5.95. The molecule has 0 bridgehead atoms. The molecule has 0 amide bonds.